The molecule has 0 radical (unpaired) electrons. The van der Waals surface area contributed by atoms with Gasteiger partial charge in [-0.1, -0.05) is 0 Å². The molecule has 7 heteroatoms. The molecule has 1 rings (SSSR count). The van der Waals surface area contributed by atoms with Gasteiger partial charge in [-0.3, -0.25) is 5.41 Å². The molecule has 0 heterocycles. The molecule has 0 bridgehead atoms. The Labute approximate surface area is 105 Å². The molecule has 0 aromatic carbocycles. The van der Waals surface area contributed by atoms with Gasteiger partial charge in [-0.2, -0.15) is 13.2 Å². The number of likely N-dealkylation sites (N-methyl/N-ethyl adjacent to an activating group) is 1. The Balaban J connectivity index is 2.22. The van der Waals surface area contributed by atoms with E-state index >= 15 is 0 Å². The summed E-state index contributed by atoms with van der Waals surface area (Å²) in [6.07, 6.45) is -2.08. The topological polar surface area (TPSA) is 62.3 Å². The van der Waals surface area contributed by atoms with Gasteiger partial charge in [-0.05, 0) is 25.8 Å². The van der Waals surface area contributed by atoms with Crippen molar-refractivity contribution in [2.45, 2.75) is 19.0 Å². The molecule has 0 aliphatic heterocycles. The molecule has 0 amide bonds. The zero-order chi connectivity index (χ0) is 13.8. The molecule has 0 spiro atoms. The third-order valence-corrected chi connectivity index (χ3v) is 2.93. The third-order valence-electron chi connectivity index (χ3n) is 2.93. The summed E-state index contributed by atoms with van der Waals surface area (Å²) in [6.45, 7) is 1.22. The number of hydrogen-bond donors (Lipinski definition) is 2. The monoisotopic (exact) mass is 267 g/mol. The fraction of sp³-hybridized carbons (Fsp3) is 0.909. The average molecular weight is 267 g/mol. The molecule has 0 aromatic heterocycles. The molecule has 106 valence electrons. The van der Waals surface area contributed by atoms with Crippen LogP contribution in [0.1, 0.15) is 12.8 Å². The maximum absolute atomic E-state index is 12.6. The Morgan fingerprint density at radius 1 is 1.50 bits per heavy atom. The second-order valence-electron chi connectivity index (χ2n) is 4.83. The summed E-state index contributed by atoms with van der Waals surface area (Å²) in [4.78, 5) is 1.49. The molecule has 1 unspecified atom stereocenters. The van der Waals surface area contributed by atoms with Crippen molar-refractivity contribution in [2.24, 2.45) is 17.6 Å². The third kappa shape index (κ3) is 5.68. The van der Waals surface area contributed by atoms with Crippen LogP contribution in [-0.2, 0) is 4.74 Å². The van der Waals surface area contributed by atoms with Gasteiger partial charge in [-0.15, -0.1) is 0 Å². The smallest absolute Gasteiger partial charge is 0.387 e. The maximum atomic E-state index is 12.6. The van der Waals surface area contributed by atoms with Crippen LogP contribution < -0.4 is 5.73 Å². The van der Waals surface area contributed by atoms with Crippen LogP contribution >= 0.6 is 0 Å². The van der Waals surface area contributed by atoms with E-state index in [0.717, 1.165) is 0 Å². The lowest BCUT2D eigenvalue weighted by molar-refractivity contribution is -0.159. The molecular weight excluding hydrogens is 247 g/mol. The predicted molar refractivity (Wildman–Crippen MR) is 62.5 cm³/mol. The van der Waals surface area contributed by atoms with Crippen LogP contribution in [0.2, 0.25) is 0 Å². The Bertz CT molecular complexity index is 279. The van der Waals surface area contributed by atoms with Crippen molar-refractivity contribution >= 4 is 5.84 Å². The molecule has 3 N–H and O–H groups in total. The van der Waals surface area contributed by atoms with E-state index in [2.05, 4.69) is 0 Å². The zero-order valence-corrected chi connectivity index (χ0v) is 10.5. The molecule has 1 aliphatic carbocycles. The molecule has 0 saturated heterocycles. The van der Waals surface area contributed by atoms with E-state index in [9.17, 15) is 13.2 Å². The van der Waals surface area contributed by atoms with E-state index in [0.29, 0.717) is 25.7 Å². The van der Waals surface area contributed by atoms with Crippen LogP contribution in [-0.4, -0.2) is 50.3 Å². The van der Waals surface area contributed by atoms with Crippen molar-refractivity contribution in [3.8, 4) is 0 Å². The number of nitrogens with two attached hydrogens (primary N) is 1. The Morgan fingerprint density at radius 3 is 2.56 bits per heavy atom. The first-order chi connectivity index (χ1) is 8.30. The number of amidine groups is 1. The second-order valence-corrected chi connectivity index (χ2v) is 4.83. The van der Waals surface area contributed by atoms with Gasteiger partial charge in [-0.25, -0.2) is 0 Å². The summed E-state index contributed by atoms with van der Waals surface area (Å²) < 4.78 is 43.0. The summed E-state index contributed by atoms with van der Waals surface area (Å²) in [5.41, 5.74) is 4.98. The van der Waals surface area contributed by atoms with Gasteiger partial charge in [0.1, 0.15) is 11.8 Å². The summed E-state index contributed by atoms with van der Waals surface area (Å²) >= 11 is 0. The number of hydrogen-bond acceptors (Lipinski definition) is 3. The van der Waals surface area contributed by atoms with E-state index in [1.807, 2.05) is 0 Å². The molecule has 1 atom stereocenters. The number of nitrogens with zero attached hydrogens (tertiary/aromatic N) is 1. The van der Waals surface area contributed by atoms with Crippen molar-refractivity contribution in [3.63, 3.8) is 0 Å². The van der Waals surface area contributed by atoms with Crippen molar-refractivity contribution in [1.29, 1.82) is 5.41 Å². The lowest BCUT2D eigenvalue weighted by Crippen LogP contribution is -2.43. The van der Waals surface area contributed by atoms with Crippen LogP contribution in [0.25, 0.3) is 0 Å². The molecule has 0 aromatic rings. The number of alkyl halides is 3. The Kier molecular flexibility index (Phi) is 5.40. The van der Waals surface area contributed by atoms with Gasteiger partial charge in [0.15, 0.2) is 0 Å². The average Bonchev–Trinajstić information content (AvgIpc) is 3.02. The lowest BCUT2D eigenvalue weighted by Gasteiger charge is -2.24. The van der Waals surface area contributed by atoms with Crippen LogP contribution in [0.4, 0.5) is 13.2 Å². The molecule has 1 fully saturated rings. The van der Waals surface area contributed by atoms with E-state index in [-0.39, 0.29) is 6.54 Å². The number of rotatable bonds is 8. The van der Waals surface area contributed by atoms with Gasteiger partial charge in [0.2, 0.25) is 0 Å². The SMILES string of the molecule is CN(CCOCC1CC1)CC(C(=N)N)C(F)(F)F. The second kappa shape index (κ2) is 6.38. The molecule has 1 aliphatic rings. The van der Waals surface area contributed by atoms with Crippen LogP contribution in [0.15, 0.2) is 0 Å². The van der Waals surface area contributed by atoms with E-state index < -0.39 is 17.9 Å². The fourth-order valence-corrected chi connectivity index (χ4v) is 1.54. The first-order valence-electron chi connectivity index (χ1n) is 5.97. The van der Waals surface area contributed by atoms with Gasteiger partial charge in [0.25, 0.3) is 0 Å². The first kappa shape index (κ1) is 15.2. The number of ether oxygens (including phenoxy) is 1. The van der Waals surface area contributed by atoms with Gasteiger partial charge >= 0.3 is 6.18 Å². The molecule has 1 saturated carbocycles. The summed E-state index contributed by atoms with van der Waals surface area (Å²) in [5, 5.41) is 6.98. The largest absolute Gasteiger partial charge is 0.399 e. The first-order valence-corrected chi connectivity index (χ1v) is 5.97. The van der Waals surface area contributed by atoms with Gasteiger partial charge in [0.05, 0.1) is 6.61 Å². The maximum Gasteiger partial charge on any atom is 0.399 e. The van der Waals surface area contributed by atoms with E-state index in [4.69, 9.17) is 15.9 Å². The highest BCUT2D eigenvalue weighted by molar-refractivity contribution is 5.80. The molecular formula is C11H20F3N3O. The van der Waals surface area contributed by atoms with Crippen LogP contribution in [0, 0.1) is 17.2 Å². The lowest BCUT2D eigenvalue weighted by atomic mass is 10.1. The zero-order valence-electron chi connectivity index (χ0n) is 10.5. The Hall–Kier alpha value is -0.820. The highest BCUT2D eigenvalue weighted by Crippen LogP contribution is 2.29. The van der Waals surface area contributed by atoms with Crippen molar-refractivity contribution < 1.29 is 17.9 Å². The van der Waals surface area contributed by atoms with Crippen molar-refractivity contribution in [3.05, 3.63) is 0 Å². The van der Waals surface area contributed by atoms with Crippen LogP contribution in [0.3, 0.4) is 0 Å². The predicted octanol–water partition coefficient (Wildman–Crippen LogP) is 1.46. The number of nitrogens with one attached hydrogen (secondary N) is 1. The minimum Gasteiger partial charge on any atom is -0.387 e. The van der Waals surface area contributed by atoms with Crippen molar-refractivity contribution in [1.82, 2.24) is 4.90 Å². The van der Waals surface area contributed by atoms with Gasteiger partial charge < -0.3 is 15.4 Å². The summed E-state index contributed by atoms with van der Waals surface area (Å²) in [6, 6.07) is 0. The Morgan fingerprint density at radius 2 is 2.11 bits per heavy atom. The quantitative estimate of drug-likeness (QED) is 0.397. The summed E-state index contributed by atoms with van der Waals surface area (Å²) in [7, 11) is 1.57. The number of halogens is 3. The van der Waals surface area contributed by atoms with Crippen molar-refractivity contribution in [2.75, 3.05) is 33.4 Å². The highest BCUT2D eigenvalue weighted by Gasteiger charge is 2.42. The van der Waals surface area contributed by atoms with E-state index in [1.165, 1.54) is 17.7 Å². The van der Waals surface area contributed by atoms with E-state index in [1.54, 1.807) is 7.05 Å². The highest BCUT2D eigenvalue weighted by atomic mass is 19.4. The minimum atomic E-state index is -4.46. The molecule has 4 nitrogen and oxygen atoms in total. The normalized spacial score (nSPS) is 18.1. The minimum absolute atomic E-state index is 0.300. The molecule has 18 heavy (non-hydrogen) atoms. The summed E-state index contributed by atoms with van der Waals surface area (Å²) in [5.74, 6) is -2.09. The van der Waals surface area contributed by atoms with Crippen LogP contribution in [0.5, 0.6) is 0 Å². The van der Waals surface area contributed by atoms with Gasteiger partial charge in [0, 0.05) is 19.7 Å². The standard InChI is InChI=1S/C11H20F3N3O/c1-17(4-5-18-7-8-2-3-8)6-9(10(15)16)11(12,13)14/h8-9H,2-7H2,1H3,(H3,15,16). The fourth-order valence-electron chi connectivity index (χ4n) is 1.54.